The number of amides is 1. The van der Waals surface area contributed by atoms with E-state index in [1.165, 1.54) is 4.90 Å². The molecule has 2 saturated heterocycles. The molecule has 1 aliphatic carbocycles. The highest BCUT2D eigenvalue weighted by Gasteiger charge is 2.36. The number of aromatic nitrogens is 3. The fraction of sp³-hybridized carbons (Fsp3) is 0.556. The molecule has 3 fully saturated rings. The lowest BCUT2D eigenvalue weighted by atomic mass is 9.87. The average Bonchev–Trinajstić information content (AvgIpc) is 3.72. The molecule has 47 heavy (non-hydrogen) atoms. The molecule has 0 spiro atoms. The van der Waals surface area contributed by atoms with Gasteiger partial charge in [0.1, 0.15) is 29.5 Å². The first-order chi connectivity index (χ1) is 22.4. The van der Waals surface area contributed by atoms with Gasteiger partial charge in [0.25, 0.3) is 5.91 Å². The molecule has 3 N–H and O–H groups in total. The van der Waals surface area contributed by atoms with Crippen LogP contribution < -0.4 is 5.73 Å². The van der Waals surface area contributed by atoms with Gasteiger partial charge in [-0.05, 0) is 101 Å². The van der Waals surface area contributed by atoms with Crippen molar-refractivity contribution in [2.75, 3.05) is 33.3 Å². The monoisotopic (exact) mass is 648 g/mol. The van der Waals surface area contributed by atoms with Gasteiger partial charge in [-0.3, -0.25) is 9.69 Å². The van der Waals surface area contributed by atoms with Crippen LogP contribution in [0.4, 0.5) is 8.78 Å². The molecule has 3 aromatic heterocycles. The number of ether oxygens (including phenoxy) is 1. The minimum atomic E-state index is -1.13. The van der Waals surface area contributed by atoms with Crippen molar-refractivity contribution < 1.29 is 23.4 Å². The molecule has 9 nitrogen and oxygen atoms in total. The van der Waals surface area contributed by atoms with Gasteiger partial charge in [0.05, 0.1) is 28.8 Å². The number of pyridine rings is 1. The van der Waals surface area contributed by atoms with Crippen LogP contribution in [0, 0.1) is 18.7 Å². The summed E-state index contributed by atoms with van der Waals surface area (Å²) in [6.45, 7) is 8.37. The van der Waals surface area contributed by atoms with E-state index in [0.29, 0.717) is 31.1 Å². The lowest BCUT2D eigenvalue weighted by Crippen LogP contribution is -2.52. The zero-order valence-corrected chi connectivity index (χ0v) is 27.8. The van der Waals surface area contributed by atoms with Gasteiger partial charge in [0.15, 0.2) is 0 Å². The number of carbonyl (C=O) groups excluding carboxylic acids is 1. The predicted molar refractivity (Wildman–Crippen MR) is 178 cm³/mol. The Morgan fingerprint density at radius 3 is 2.57 bits per heavy atom. The van der Waals surface area contributed by atoms with Crippen molar-refractivity contribution in [3.8, 4) is 11.4 Å². The summed E-state index contributed by atoms with van der Waals surface area (Å²) in [5, 5.41) is 16.8. The molecule has 4 aromatic rings. The van der Waals surface area contributed by atoms with Crippen molar-refractivity contribution in [3.05, 3.63) is 59.0 Å². The Kier molecular flexibility index (Phi) is 8.39. The largest absolute Gasteiger partial charge is 0.375 e. The lowest BCUT2D eigenvalue weighted by molar-refractivity contribution is -0.152. The molecule has 1 unspecified atom stereocenters. The van der Waals surface area contributed by atoms with E-state index in [9.17, 15) is 14.3 Å². The van der Waals surface area contributed by atoms with E-state index in [2.05, 4.69) is 15.5 Å². The van der Waals surface area contributed by atoms with Gasteiger partial charge in [-0.25, -0.2) is 13.3 Å². The van der Waals surface area contributed by atoms with E-state index >= 15 is 4.39 Å². The first-order valence-electron chi connectivity index (χ1n) is 16.9. The Bertz CT molecular complexity index is 1800. The third kappa shape index (κ3) is 6.07. The minimum absolute atomic E-state index is 0.0405. The zero-order valence-electron chi connectivity index (χ0n) is 27.8. The van der Waals surface area contributed by atoms with Crippen LogP contribution in [0.25, 0.3) is 27.8 Å². The molecular weight excluding hydrogens is 602 g/mol. The number of benzene rings is 1. The highest BCUT2D eigenvalue weighted by molar-refractivity contribution is 5.95. The first kappa shape index (κ1) is 32.2. The van der Waals surface area contributed by atoms with E-state index in [1.54, 1.807) is 36.0 Å². The molecule has 3 atom stereocenters. The van der Waals surface area contributed by atoms with Crippen LogP contribution in [0.3, 0.4) is 0 Å². The third-order valence-corrected chi connectivity index (χ3v) is 10.7. The molecule has 1 amide bonds. The van der Waals surface area contributed by atoms with E-state index < -0.39 is 18.0 Å². The smallest absolute Gasteiger partial charge is 0.255 e. The van der Waals surface area contributed by atoms with Crippen LogP contribution in [0.15, 0.2) is 36.5 Å². The van der Waals surface area contributed by atoms with Gasteiger partial charge in [-0.2, -0.15) is 5.10 Å². The standard InChI is InChI=1S/C36H46F2N6O3/c1-21-30-8-7-24(34(45)42-19-27(38)15-28(39)20-42)18-44(30)40-32(21)31-14-25-13-26(37)16-29(33(25)43(31)17-22-5-6-22)23-9-11-41(12-10-23)35(46)36(2,3)47-4/h7-8,13-14,16,18,22-23,27-28,35,46H,5-6,9-12,15,17,19-20,39H2,1-4H3/t27-,28-,35?/m1/s1. The number of aliphatic hydroxyl groups excluding tert-OH is 1. The molecule has 252 valence electrons. The maximum absolute atomic E-state index is 15.3. The summed E-state index contributed by atoms with van der Waals surface area (Å²) < 4.78 is 39.1. The number of likely N-dealkylation sites (tertiary alicyclic amines) is 2. The van der Waals surface area contributed by atoms with Gasteiger partial charge in [0, 0.05) is 56.5 Å². The Morgan fingerprint density at radius 1 is 1.15 bits per heavy atom. The molecule has 1 saturated carbocycles. The van der Waals surface area contributed by atoms with Crippen LogP contribution in [0.5, 0.6) is 0 Å². The molecule has 2 aliphatic heterocycles. The van der Waals surface area contributed by atoms with Gasteiger partial charge >= 0.3 is 0 Å². The normalized spacial score (nSPS) is 22.4. The molecule has 0 bridgehead atoms. The Labute approximate surface area is 274 Å². The quantitative estimate of drug-likeness (QED) is 0.271. The number of halogens is 2. The Hall–Kier alpha value is -3.38. The van der Waals surface area contributed by atoms with Crippen LogP contribution in [0.2, 0.25) is 0 Å². The fourth-order valence-corrected chi connectivity index (χ4v) is 7.63. The van der Waals surface area contributed by atoms with Gasteiger partial charge in [0.2, 0.25) is 0 Å². The number of nitrogens with zero attached hydrogens (tertiary/aromatic N) is 5. The van der Waals surface area contributed by atoms with Crippen LogP contribution in [-0.2, 0) is 11.3 Å². The summed E-state index contributed by atoms with van der Waals surface area (Å²) in [4.78, 5) is 16.9. The molecule has 11 heteroatoms. The average molecular weight is 649 g/mol. The van der Waals surface area contributed by atoms with Crippen molar-refractivity contribution in [3.63, 3.8) is 0 Å². The summed E-state index contributed by atoms with van der Waals surface area (Å²) in [6.07, 6.45) is 4.05. The summed E-state index contributed by atoms with van der Waals surface area (Å²) in [5.41, 5.74) is 11.4. The summed E-state index contributed by atoms with van der Waals surface area (Å²) >= 11 is 0. The number of piperidine rings is 2. The summed E-state index contributed by atoms with van der Waals surface area (Å²) in [7, 11) is 1.61. The van der Waals surface area contributed by atoms with Crippen molar-refractivity contribution in [1.82, 2.24) is 24.0 Å². The van der Waals surface area contributed by atoms with Gasteiger partial charge in [-0.15, -0.1) is 0 Å². The third-order valence-electron chi connectivity index (χ3n) is 10.7. The topological polar surface area (TPSA) is 101 Å². The van der Waals surface area contributed by atoms with Crippen LogP contribution in [-0.4, -0.2) is 92.3 Å². The summed E-state index contributed by atoms with van der Waals surface area (Å²) in [5.74, 6) is 0.193. The Morgan fingerprint density at radius 2 is 1.89 bits per heavy atom. The Balaban J connectivity index is 1.25. The number of alkyl halides is 1. The second-order valence-corrected chi connectivity index (χ2v) is 14.5. The van der Waals surface area contributed by atoms with E-state index in [1.807, 2.05) is 26.8 Å². The lowest BCUT2D eigenvalue weighted by Gasteiger charge is -2.41. The highest BCUT2D eigenvalue weighted by atomic mass is 19.1. The zero-order chi connectivity index (χ0) is 33.2. The van der Waals surface area contributed by atoms with E-state index in [4.69, 9.17) is 15.6 Å². The molecule has 1 aromatic carbocycles. The molecule has 0 radical (unpaired) electrons. The molecule has 3 aliphatic rings. The van der Waals surface area contributed by atoms with Crippen molar-refractivity contribution in [1.29, 1.82) is 0 Å². The number of carbonyl (C=O) groups is 1. The van der Waals surface area contributed by atoms with E-state index in [-0.39, 0.29) is 36.6 Å². The molecular formula is C36H46F2N6O3. The first-order valence-corrected chi connectivity index (χ1v) is 16.9. The number of rotatable bonds is 8. The number of aryl methyl sites for hydroxylation is 1. The van der Waals surface area contributed by atoms with Crippen LogP contribution in [0.1, 0.15) is 73.4 Å². The fourth-order valence-electron chi connectivity index (χ4n) is 7.63. The minimum Gasteiger partial charge on any atom is -0.375 e. The number of nitrogens with two attached hydrogens (primary N) is 1. The number of methoxy groups -OCH3 is 1. The van der Waals surface area contributed by atoms with Crippen molar-refractivity contribution in [2.24, 2.45) is 11.7 Å². The highest BCUT2D eigenvalue weighted by Crippen LogP contribution is 2.42. The van der Waals surface area contributed by atoms with Crippen molar-refractivity contribution in [2.45, 2.75) is 89.4 Å². The van der Waals surface area contributed by atoms with Gasteiger partial charge < -0.3 is 25.0 Å². The van der Waals surface area contributed by atoms with Crippen molar-refractivity contribution >= 4 is 22.3 Å². The second kappa shape index (κ2) is 12.3. The van der Waals surface area contributed by atoms with Gasteiger partial charge in [-0.1, -0.05) is 0 Å². The molecule has 7 rings (SSSR count). The SMILES string of the molecule is COC(C)(C)C(O)N1CCC(c2cc(F)cc3cc(-c4nn5cc(C(=O)N6C[C@H](N)C[C@@H](F)C6)ccc5c4C)n(CC4CC4)c23)CC1. The maximum atomic E-state index is 15.3. The number of hydrogen-bond donors (Lipinski definition) is 2. The number of hydrogen-bond acceptors (Lipinski definition) is 6. The predicted octanol–water partition coefficient (Wildman–Crippen LogP) is 5.25. The second-order valence-electron chi connectivity index (χ2n) is 14.5. The van der Waals surface area contributed by atoms with Crippen LogP contribution >= 0.6 is 0 Å². The summed E-state index contributed by atoms with van der Waals surface area (Å²) in [6, 6.07) is 8.66. The maximum Gasteiger partial charge on any atom is 0.255 e. The number of fused-ring (bicyclic) bond motifs is 2. The van der Waals surface area contributed by atoms with E-state index in [0.717, 1.165) is 71.2 Å². The number of aliphatic hydroxyl groups is 1. The molecule has 5 heterocycles.